The molecule has 1 aliphatic carbocycles. The Labute approximate surface area is 143 Å². The van der Waals surface area contributed by atoms with Crippen LogP contribution in [0.15, 0.2) is 48.5 Å². The SMILES string of the molecule is O=C(O)c1ccccc1Cn1c2c(c3ccccc31)CC(F)(F)CC2. The lowest BCUT2D eigenvalue weighted by Crippen LogP contribution is -2.26. The molecule has 0 saturated carbocycles. The first-order chi connectivity index (χ1) is 12.0. The molecule has 0 atom stereocenters. The van der Waals surface area contributed by atoms with Crippen LogP contribution >= 0.6 is 0 Å². The minimum absolute atomic E-state index is 0.170. The van der Waals surface area contributed by atoms with Gasteiger partial charge < -0.3 is 9.67 Å². The zero-order valence-electron chi connectivity index (χ0n) is 13.5. The summed E-state index contributed by atoms with van der Waals surface area (Å²) in [6.45, 7) is 0.365. The maximum absolute atomic E-state index is 13.9. The number of aromatic carboxylic acids is 1. The monoisotopic (exact) mass is 341 g/mol. The van der Waals surface area contributed by atoms with Gasteiger partial charge in [0, 0.05) is 36.0 Å². The third kappa shape index (κ3) is 2.69. The summed E-state index contributed by atoms with van der Waals surface area (Å²) in [6.07, 6.45) is -0.125. The number of fused-ring (bicyclic) bond motifs is 3. The Hall–Kier alpha value is -2.69. The fourth-order valence-corrected chi connectivity index (χ4v) is 3.78. The van der Waals surface area contributed by atoms with Crippen molar-refractivity contribution in [3.63, 3.8) is 0 Å². The van der Waals surface area contributed by atoms with Crippen molar-refractivity contribution in [2.24, 2.45) is 0 Å². The van der Waals surface area contributed by atoms with Crippen molar-refractivity contribution in [3.05, 3.63) is 70.9 Å². The maximum Gasteiger partial charge on any atom is 0.336 e. The molecule has 0 spiro atoms. The highest BCUT2D eigenvalue weighted by molar-refractivity contribution is 5.90. The Morgan fingerprint density at radius 2 is 1.84 bits per heavy atom. The molecule has 1 N–H and O–H groups in total. The number of alkyl halides is 2. The normalized spacial score (nSPS) is 15.9. The first-order valence-corrected chi connectivity index (χ1v) is 8.24. The lowest BCUT2D eigenvalue weighted by atomic mass is 9.92. The number of aromatic nitrogens is 1. The first-order valence-electron chi connectivity index (χ1n) is 8.24. The molecular weight excluding hydrogens is 324 g/mol. The van der Waals surface area contributed by atoms with E-state index in [1.165, 1.54) is 0 Å². The predicted molar refractivity (Wildman–Crippen MR) is 91.4 cm³/mol. The third-order valence-electron chi connectivity index (χ3n) is 4.93. The number of nitrogens with zero attached hydrogens (tertiary/aromatic N) is 1. The van der Waals surface area contributed by atoms with Crippen molar-refractivity contribution in [3.8, 4) is 0 Å². The molecule has 128 valence electrons. The third-order valence-corrected chi connectivity index (χ3v) is 4.93. The van der Waals surface area contributed by atoms with E-state index in [1.54, 1.807) is 24.3 Å². The number of rotatable bonds is 3. The Bertz CT molecular complexity index is 975. The van der Waals surface area contributed by atoms with Crippen LogP contribution in [0.4, 0.5) is 8.78 Å². The molecule has 1 aliphatic rings. The second-order valence-electron chi connectivity index (χ2n) is 6.52. The fraction of sp³-hybridized carbons (Fsp3) is 0.250. The van der Waals surface area contributed by atoms with Crippen molar-refractivity contribution in [2.75, 3.05) is 0 Å². The summed E-state index contributed by atoms with van der Waals surface area (Å²) in [6, 6.07) is 14.4. The minimum atomic E-state index is -2.68. The number of benzene rings is 2. The van der Waals surface area contributed by atoms with E-state index in [4.69, 9.17) is 0 Å². The molecule has 0 unspecified atom stereocenters. The van der Waals surface area contributed by atoms with Gasteiger partial charge in [-0.3, -0.25) is 0 Å². The number of para-hydroxylation sites is 1. The number of hydrogen-bond acceptors (Lipinski definition) is 1. The molecule has 2 aromatic carbocycles. The van der Waals surface area contributed by atoms with Crippen molar-refractivity contribution < 1.29 is 18.7 Å². The van der Waals surface area contributed by atoms with Crippen molar-refractivity contribution in [1.29, 1.82) is 0 Å². The van der Waals surface area contributed by atoms with Gasteiger partial charge in [-0.1, -0.05) is 36.4 Å². The van der Waals surface area contributed by atoms with E-state index in [1.807, 2.05) is 28.8 Å². The van der Waals surface area contributed by atoms with E-state index in [9.17, 15) is 18.7 Å². The largest absolute Gasteiger partial charge is 0.478 e. The van der Waals surface area contributed by atoms with E-state index in [-0.39, 0.29) is 18.4 Å². The van der Waals surface area contributed by atoms with Gasteiger partial charge in [-0.25, -0.2) is 13.6 Å². The van der Waals surface area contributed by atoms with Crippen molar-refractivity contribution in [1.82, 2.24) is 4.57 Å². The van der Waals surface area contributed by atoms with Gasteiger partial charge in [0.15, 0.2) is 0 Å². The molecule has 3 nitrogen and oxygen atoms in total. The van der Waals surface area contributed by atoms with Crippen LogP contribution in [0, 0.1) is 0 Å². The van der Waals surface area contributed by atoms with Gasteiger partial charge in [-0.15, -0.1) is 0 Å². The number of halogens is 2. The van der Waals surface area contributed by atoms with Crippen LogP contribution in [-0.4, -0.2) is 21.6 Å². The number of carbonyl (C=O) groups is 1. The molecule has 3 aromatic rings. The zero-order valence-corrected chi connectivity index (χ0v) is 13.5. The Morgan fingerprint density at radius 3 is 2.64 bits per heavy atom. The highest BCUT2D eigenvalue weighted by atomic mass is 19.3. The summed E-state index contributed by atoms with van der Waals surface area (Å²) in [5.41, 5.74) is 3.39. The molecular formula is C20H17F2NO2. The Morgan fingerprint density at radius 1 is 1.12 bits per heavy atom. The lowest BCUT2D eigenvalue weighted by molar-refractivity contribution is -0.0125. The summed E-state index contributed by atoms with van der Waals surface area (Å²) in [4.78, 5) is 11.5. The van der Waals surface area contributed by atoms with E-state index >= 15 is 0 Å². The molecule has 0 aliphatic heterocycles. The highest BCUT2D eigenvalue weighted by Crippen LogP contribution is 2.39. The van der Waals surface area contributed by atoms with Gasteiger partial charge in [0.2, 0.25) is 0 Å². The minimum Gasteiger partial charge on any atom is -0.478 e. The van der Waals surface area contributed by atoms with Crippen LogP contribution in [0.2, 0.25) is 0 Å². The van der Waals surface area contributed by atoms with E-state index in [0.29, 0.717) is 24.1 Å². The van der Waals surface area contributed by atoms with Gasteiger partial charge in [0.05, 0.1) is 5.56 Å². The highest BCUT2D eigenvalue weighted by Gasteiger charge is 2.37. The average Bonchev–Trinajstić information content (AvgIpc) is 2.88. The smallest absolute Gasteiger partial charge is 0.336 e. The molecule has 1 aromatic heterocycles. The van der Waals surface area contributed by atoms with Crippen LogP contribution in [0.1, 0.15) is 33.6 Å². The number of hydrogen-bond donors (Lipinski definition) is 1. The van der Waals surface area contributed by atoms with Crippen LogP contribution in [0.25, 0.3) is 10.9 Å². The molecule has 0 amide bonds. The lowest BCUT2D eigenvalue weighted by Gasteiger charge is -2.24. The van der Waals surface area contributed by atoms with E-state index in [0.717, 1.165) is 16.6 Å². The molecule has 0 bridgehead atoms. The second kappa shape index (κ2) is 5.69. The van der Waals surface area contributed by atoms with Crippen LogP contribution in [-0.2, 0) is 19.4 Å². The molecule has 0 saturated heterocycles. The van der Waals surface area contributed by atoms with Crippen LogP contribution < -0.4 is 0 Å². The van der Waals surface area contributed by atoms with Gasteiger partial charge >= 0.3 is 5.97 Å². The predicted octanol–water partition coefficient (Wildman–Crippen LogP) is 4.51. The fourth-order valence-electron chi connectivity index (χ4n) is 3.78. The zero-order chi connectivity index (χ0) is 17.6. The number of carboxylic acids is 1. The maximum atomic E-state index is 13.9. The molecule has 25 heavy (non-hydrogen) atoms. The van der Waals surface area contributed by atoms with Gasteiger partial charge in [-0.05, 0) is 29.7 Å². The molecule has 4 rings (SSSR count). The van der Waals surface area contributed by atoms with Crippen molar-refractivity contribution in [2.45, 2.75) is 31.7 Å². The summed E-state index contributed by atoms with van der Waals surface area (Å²) < 4.78 is 29.9. The first kappa shape index (κ1) is 15.8. The summed E-state index contributed by atoms with van der Waals surface area (Å²) in [5.74, 6) is -3.66. The molecule has 1 heterocycles. The summed E-state index contributed by atoms with van der Waals surface area (Å²) in [7, 11) is 0. The average molecular weight is 341 g/mol. The second-order valence-corrected chi connectivity index (χ2v) is 6.52. The Kier molecular flexibility index (Phi) is 3.60. The Balaban J connectivity index is 1.88. The summed E-state index contributed by atoms with van der Waals surface area (Å²) >= 11 is 0. The van der Waals surface area contributed by atoms with E-state index in [2.05, 4.69) is 0 Å². The van der Waals surface area contributed by atoms with Crippen LogP contribution in [0.3, 0.4) is 0 Å². The van der Waals surface area contributed by atoms with Gasteiger partial charge in [0.25, 0.3) is 5.92 Å². The van der Waals surface area contributed by atoms with Gasteiger partial charge in [-0.2, -0.15) is 0 Å². The standard InChI is InChI=1S/C20H17F2NO2/c21-20(22)10-9-18-16(11-20)15-7-3-4-8-17(15)23(18)12-13-5-1-2-6-14(13)19(24)25/h1-8H,9-12H2,(H,24,25). The molecule has 5 heteroatoms. The summed E-state index contributed by atoms with van der Waals surface area (Å²) in [5, 5.41) is 10.2. The topological polar surface area (TPSA) is 42.2 Å². The number of carboxylic acid groups (broad SMARTS) is 1. The quantitative estimate of drug-likeness (QED) is 0.761. The van der Waals surface area contributed by atoms with Gasteiger partial charge in [0.1, 0.15) is 0 Å². The van der Waals surface area contributed by atoms with Crippen molar-refractivity contribution >= 4 is 16.9 Å². The molecule has 0 radical (unpaired) electrons. The van der Waals surface area contributed by atoms with E-state index < -0.39 is 11.9 Å². The molecule has 0 fully saturated rings. The van der Waals surface area contributed by atoms with Crippen LogP contribution in [0.5, 0.6) is 0 Å².